The van der Waals surface area contributed by atoms with Crippen molar-refractivity contribution in [1.82, 2.24) is 0 Å². The van der Waals surface area contributed by atoms with E-state index >= 15 is 0 Å². The van der Waals surface area contributed by atoms with Crippen LogP contribution in [0.25, 0.3) is 0 Å². The molecule has 1 saturated heterocycles. The van der Waals surface area contributed by atoms with Crippen molar-refractivity contribution in [2.75, 3.05) is 20.8 Å². The fraction of sp³-hybridized carbons (Fsp3) is 0.435. The van der Waals surface area contributed by atoms with Gasteiger partial charge in [-0.05, 0) is 17.7 Å². The van der Waals surface area contributed by atoms with Crippen molar-refractivity contribution in [2.24, 2.45) is 0 Å². The number of carbonyl (C=O) groups is 1. The predicted molar refractivity (Wildman–Crippen MR) is 114 cm³/mol. The van der Waals surface area contributed by atoms with Gasteiger partial charge in [-0.3, -0.25) is 4.79 Å². The van der Waals surface area contributed by atoms with E-state index in [0.717, 1.165) is 0 Å². The molecular weight excluding hydrogens is 452 g/mol. The van der Waals surface area contributed by atoms with Crippen LogP contribution in [0.2, 0.25) is 0 Å². The van der Waals surface area contributed by atoms with Gasteiger partial charge in [-0.15, -0.1) is 0 Å². The van der Waals surface area contributed by atoms with Crippen molar-refractivity contribution in [1.29, 1.82) is 0 Å². The van der Waals surface area contributed by atoms with E-state index in [1.54, 1.807) is 24.3 Å². The zero-order valence-electron chi connectivity index (χ0n) is 18.4. The predicted octanol–water partition coefficient (Wildman–Crippen LogP) is -0.440. The van der Waals surface area contributed by atoms with E-state index in [9.17, 15) is 30.3 Å². The molecule has 11 nitrogen and oxygen atoms in total. The Bertz CT molecular complexity index is 1020. The molecule has 0 aliphatic carbocycles. The summed E-state index contributed by atoms with van der Waals surface area (Å²) in [5, 5.41) is 50.5. The Kier molecular flexibility index (Phi) is 6.94. The molecular formula is C23H26O11. The average molecular weight is 478 g/mol. The minimum atomic E-state index is -1.70. The summed E-state index contributed by atoms with van der Waals surface area (Å²) in [4.78, 5) is 13.2. The number of benzene rings is 2. The molecule has 0 unspecified atom stereocenters. The third-order valence-corrected chi connectivity index (χ3v) is 5.87. The first-order valence-electron chi connectivity index (χ1n) is 10.5. The molecule has 184 valence electrons. The number of ketones is 1. The van der Waals surface area contributed by atoms with Gasteiger partial charge >= 0.3 is 0 Å². The Morgan fingerprint density at radius 2 is 1.59 bits per heavy atom. The van der Waals surface area contributed by atoms with Crippen molar-refractivity contribution in [3.05, 3.63) is 47.5 Å². The molecule has 2 aliphatic rings. The van der Waals surface area contributed by atoms with Crippen molar-refractivity contribution in [3.63, 3.8) is 0 Å². The molecule has 5 N–H and O–H groups in total. The molecule has 0 aromatic heterocycles. The Balaban J connectivity index is 1.68. The molecule has 34 heavy (non-hydrogen) atoms. The largest absolute Gasteiger partial charge is 0.497 e. The second-order valence-corrected chi connectivity index (χ2v) is 7.93. The lowest BCUT2D eigenvalue weighted by atomic mass is 9.92. The summed E-state index contributed by atoms with van der Waals surface area (Å²) in [5.74, 6) is 0.0592. The molecule has 0 amide bonds. The summed E-state index contributed by atoms with van der Waals surface area (Å²) in [7, 11) is 2.91. The van der Waals surface area contributed by atoms with Gasteiger partial charge in [-0.25, -0.2) is 0 Å². The molecule has 11 heteroatoms. The van der Waals surface area contributed by atoms with Crippen LogP contribution in [0.4, 0.5) is 0 Å². The monoisotopic (exact) mass is 478 g/mol. The van der Waals surface area contributed by atoms with Crippen molar-refractivity contribution in [3.8, 4) is 23.0 Å². The van der Waals surface area contributed by atoms with Crippen molar-refractivity contribution < 1.29 is 54.0 Å². The molecule has 2 aliphatic heterocycles. The number of rotatable bonds is 6. The van der Waals surface area contributed by atoms with Crippen LogP contribution in [0.5, 0.6) is 23.0 Å². The molecule has 4 rings (SSSR count). The van der Waals surface area contributed by atoms with Gasteiger partial charge in [0.15, 0.2) is 12.2 Å². The quantitative estimate of drug-likeness (QED) is 0.366. The fourth-order valence-electron chi connectivity index (χ4n) is 3.93. The Morgan fingerprint density at radius 1 is 0.912 bits per heavy atom. The van der Waals surface area contributed by atoms with Crippen LogP contribution in [-0.4, -0.2) is 89.0 Å². The maximum Gasteiger partial charge on any atom is 0.229 e. The highest BCUT2D eigenvalue weighted by Gasteiger charge is 2.46. The number of methoxy groups -OCH3 is 2. The topological polar surface area (TPSA) is 164 Å². The summed E-state index contributed by atoms with van der Waals surface area (Å²) in [5.41, 5.74) is 0.418. The van der Waals surface area contributed by atoms with Gasteiger partial charge in [-0.2, -0.15) is 0 Å². The molecule has 0 spiro atoms. The summed E-state index contributed by atoms with van der Waals surface area (Å²) in [6, 6.07) is 9.46. The highest BCUT2D eigenvalue weighted by Crippen LogP contribution is 2.43. The first kappa shape index (κ1) is 24.2. The molecule has 2 aromatic rings. The minimum Gasteiger partial charge on any atom is -0.497 e. The Morgan fingerprint density at radius 3 is 2.21 bits per heavy atom. The standard InChI is InChI=1S/C23H26O11/c1-30-11-5-3-10(4-6-11)22-20(28)18(26)16-13(32-22)7-12(31-2)8-14(16)33-23-21(29)19(27)17(25)15(9-24)34-23/h3-8,15,17,19-25,27-29H,9H2,1-2H3/t15-,17-,19+,20+,21-,22+,23-/m1/s1. The second-order valence-electron chi connectivity index (χ2n) is 7.93. The molecule has 1 fully saturated rings. The van der Waals surface area contributed by atoms with Gasteiger partial charge in [0, 0.05) is 12.1 Å². The van der Waals surface area contributed by atoms with E-state index in [4.69, 9.17) is 23.7 Å². The van der Waals surface area contributed by atoms with Crippen LogP contribution >= 0.6 is 0 Å². The first-order chi connectivity index (χ1) is 16.3. The highest BCUT2D eigenvalue weighted by atomic mass is 16.7. The number of hydrogen-bond acceptors (Lipinski definition) is 11. The zero-order valence-corrected chi connectivity index (χ0v) is 18.4. The van der Waals surface area contributed by atoms with Gasteiger partial charge in [0.05, 0.1) is 20.8 Å². The lowest BCUT2D eigenvalue weighted by Gasteiger charge is -2.40. The number of fused-ring (bicyclic) bond motifs is 1. The SMILES string of the molecule is COc1ccc([C@@H]2Oc3cc(OC)cc(O[C@@H]4O[C@H](CO)[C@@H](O)[C@H](O)[C@H]4O)c3C(=O)[C@@H]2O)cc1. The molecule has 0 saturated carbocycles. The first-order valence-corrected chi connectivity index (χ1v) is 10.5. The van der Waals surface area contributed by atoms with E-state index in [0.29, 0.717) is 11.3 Å². The minimum absolute atomic E-state index is 0.0649. The van der Waals surface area contributed by atoms with E-state index in [1.165, 1.54) is 26.4 Å². The van der Waals surface area contributed by atoms with Crippen molar-refractivity contribution in [2.45, 2.75) is 42.9 Å². The van der Waals surface area contributed by atoms with E-state index in [2.05, 4.69) is 0 Å². The van der Waals surface area contributed by atoms with Crippen molar-refractivity contribution >= 4 is 5.78 Å². The maximum atomic E-state index is 13.2. The van der Waals surface area contributed by atoms with Gasteiger partial charge in [0.25, 0.3) is 0 Å². The van der Waals surface area contributed by atoms with E-state index in [1.807, 2.05) is 0 Å². The zero-order chi connectivity index (χ0) is 24.6. The van der Waals surface area contributed by atoms with Crippen LogP contribution in [0.1, 0.15) is 22.0 Å². The van der Waals surface area contributed by atoms with Crippen LogP contribution in [0.15, 0.2) is 36.4 Å². The summed E-state index contributed by atoms with van der Waals surface area (Å²) < 4.78 is 27.4. The van der Waals surface area contributed by atoms with Gasteiger partial charge in [0.1, 0.15) is 53.0 Å². The third-order valence-electron chi connectivity index (χ3n) is 5.87. The van der Waals surface area contributed by atoms with Crippen LogP contribution in [0.3, 0.4) is 0 Å². The van der Waals surface area contributed by atoms with E-state index < -0.39 is 55.3 Å². The number of carbonyl (C=O) groups excluding carboxylic acids is 1. The van der Waals surface area contributed by atoms with Gasteiger partial charge in [-0.1, -0.05) is 12.1 Å². The van der Waals surface area contributed by atoms with Crippen LogP contribution in [0, 0.1) is 0 Å². The summed E-state index contributed by atoms with van der Waals surface area (Å²) in [6.45, 7) is -0.647. The number of Topliss-reactive ketones (excluding diaryl/α,β-unsaturated/α-hetero) is 1. The lowest BCUT2D eigenvalue weighted by molar-refractivity contribution is -0.277. The number of aliphatic hydroxyl groups excluding tert-OH is 5. The van der Waals surface area contributed by atoms with Crippen LogP contribution in [-0.2, 0) is 4.74 Å². The smallest absolute Gasteiger partial charge is 0.229 e. The Hall–Kier alpha value is -2.93. The Labute approximate surface area is 194 Å². The molecule has 2 heterocycles. The molecule has 0 radical (unpaired) electrons. The van der Waals surface area contributed by atoms with E-state index in [-0.39, 0.29) is 22.8 Å². The third kappa shape index (κ3) is 4.29. The lowest BCUT2D eigenvalue weighted by Crippen LogP contribution is -2.60. The van der Waals surface area contributed by atoms with Gasteiger partial charge < -0.3 is 49.2 Å². The van der Waals surface area contributed by atoms with Crippen LogP contribution < -0.4 is 18.9 Å². The number of hydrogen-bond donors (Lipinski definition) is 5. The normalized spacial score (nSPS) is 30.8. The highest BCUT2D eigenvalue weighted by molar-refractivity contribution is 6.05. The fourth-order valence-corrected chi connectivity index (χ4v) is 3.93. The second kappa shape index (κ2) is 9.74. The maximum absolute atomic E-state index is 13.2. The number of aliphatic hydroxyl groups is 5. The molecule has 2 aromatic carbocycles. The molecule has 0 bridgehead atoms. The number of ether oxygens (including phenoxy) is 5. The average Bonchev–Trinajstić information content (AvgIpc) is 2.86. The summed E-state index contributed by atoms with van der Waals surface area (Å²) >= 11 is 0. The van der Waals surface area contributed by atoms with Gasteiger partial charge in [0.2, 0.25) is 12.1 Å². The molecule has 7 atom stereocenters. The summed E-state index contributed by atoms with van der Waals surface area (Å²) in [6.07, 6.45) is -10.3.